The van der Waals surface area contributed by atoms with Crippen LogP contribution in [0, 0.1) is 0 Å². The summed E-state index contributed by atoms with van der Waals surface area (Å²) in [4.78, 5) is 45.1. The van der Waals surface area contributed by atoms with Crippen LogP contribution >= 0.6 is 11.8 Å². The van der Waals surface area contributed by atoms with Crippen LogP contribution in [-0.4, -0.2) is 37.9 Å². The first-order valence-electron chi connectivity index (χ1n) is 6.07. The summed E-state index contributed by atoms with van der Waals surface area (Å²) in [5.74, 6) is -1.12. The van der Waals surface area contributed by atoms with Gasteiger partial charge in [-0.25, -0.2) is 9.59 Å². The van der Waals surface area contributed by atoms with E-state index in [0.29, 0.717) is 11.4 Å². The van der Waals surface area contributed by atoms with Crippen molar-refractivity contribution in [3.05, 3.63) is 32.6 Å². The first-order valence-corrected chi connectivity index (χ1v) is 7.23. The number of amides is 1. The molecule has 0 saturated heterocycles. The van der Waals surface area contributed by atoms with Crippen molar-refractivity contribution in [2.45, 2.75) is 18.7 Å². The van der Waals surface area contributed by atoms with E-state index in [4.69, 9.17) is 5.11 Å². The Hall–Kier alpha value is -2.03. The second-order valence-electron chi connectivity index (χ2n) is 4.48. The molecule has 0 aliphatic heterocycles. The first-order chi connectivity index (χ1) is 9.73. The van der Waals surface area contributed by atoms with E-state index in [-0.39, 0.29) is 5.75 Å². The summed E-state index contributed by atoms with van der Waals surface area (Å²) >= 11 is 1.22. The van der Waals surface area contributed by atoms with Crippen LogP contribution in [0.1, 0.15) is 12.6 Å². The standard InChI is InChI=1S/C12H17N3O5S/c1-7(16)13-9(11(18)19)6-21-5-8-4-10(17)15(3)12(20)14(8)2/h4,9H,5-6H2,1-3H3,(H,13,16)(H,18,19). The fraction of sp³-hybridized carbons (Fsp3) is 0.500. The number of rotatable bonds is 6. The van der Waals surface area contributed by atoms with Crippen molar-refractivity contribution >= 4 is 23.6 Å². The summed E-state index contributed by atoms with van der Waals surface area (Å²) in [6, 6.07) is 0.332. The molecule has 0 saturated carbocycles. The van der Waals surface area contributed by atoms with Crippen LogP contribution in [0.5, 0.6) is 0 Å². The van der Waals surface area contributed by atoms with Gasteiger partial charge in [-0.2, -0.15) is 11.8 Å². The second-order valence-corrected chi connectivity index (χ2v) is 5.51. The van der Waals surface area contributed by atoms with E-state index in [1.54, 1.807) is 7.05 Å². The molecule has 1 heterocycles. The van der Waals surface area contributed by atoms with Gasteiger partial charge in [0.1, 0.15) is 6.04 Å². The molecule has 0 aromatic carbocycles. The summed E-state index contributed by atoms with van der Waals surface area (Å²) in [7, 11) is 2.93. The molecule has 1 aromatic rings. The molecule has 0 spiro atoms. The maximum atomic E-state index is 11.7. The molecule has 1 rings (SSSR count). The van der Waals surface area contributed by atoms with Gasteiger partial charge < -0.3 is 10.4 Å². The fourth-order valence-electron chi connectivity index (χ4n) is 1.62. The molecule has 1 aromatic heterocycles. The number of nitrogens with one attached hydrogen (secondary N) is 1. The Morgan fingerprint density at radius 1 is 1.33 bits per heavy atom. The summed E-state index contributed by atoms with van der Waals surface area (Å²) in [5, 5.41) is 11.3. The van der Waals surface area contributed by atoms with Crippen LogP contribution < -0.4 is 16.6 Å². The number of thioether (sulfide) groups is 1. The molecule has 1 unspecified atom stereocenters. The number of aromatic nitrogens is 2. The van der Waals surface area contributed by atoms with Crippen molar-refractivity contribution < 1.29 is 14.7 Å². The Labute approximate surface area is 124 Å². The van der Waals surface area contributed by atoms with Gasteiger partial charge in [0.2, 0.25) is 5.91 Å². The summed E-state index contributed by atoms with van der Waals surface area (Å²) < 4.78 is 2.33. The summed E-state index contributed by atoms with van der Waals surface area (Å²) in [6.45, 7) is 1.24. The normalized spacial score (nSPS) is 12.0. The highest BCUT2D eigenvalue weighted by molar-refractivity contribution is 7.98. The van der Waals surface area contributed by atoms with Gasteiger partial charge >= 0.3 is 11.7 Å². The van der Waals surface area contributed by atoms with E-state index in [1.807, 2.05) is 0 Å². The predicted molar refractivity (Wildman–Crippen MR) is 78.3 cm³/mol. The smallest absolute Gasteiger partial charge is 0.330 e. The van der Waals surface area contributed by atoms with Crippen LogP contribution in [0.4, 0.5) is 0 Å². The van der Waals surface area contributed by atoms with Crippen LogP contribution in [0.15, 0.2) is 15.7 Å². The lowest BCUT2D eigenvalue weighted by Gasteiger charge is -2.13. The van der Waals surface area contributed by atoms with Gasteiger partial charge in [0.25, 0.3) is 5.56 Å². The average molecular weight is 315 g/mol. The molecule has 1 amide bonds. The molecule has 0 bridgehead atoms. The van der Waals surface area contributed by atoms with E-state index in [0.717, 1.165) is 4.57 Å². The number of hydrogen-bond acceptors (Lipinski definition) is 5. The molecule has 0 fully saturated rings. The number of carbonyl (C=O) groups excluding carboxylic acids is 1. The van der Waals surface area contributed by atoms with E-state index < -0.39 is 29.2 Å². The zero-order valence-corrected chi connectivity index (χ0v) is 12.8. The molecule has 8 nitrogen and oxygen atoms in total. The molecular weight excluding hydrogens is 298 g/mol. The van der Waals surface area contributed by atoms with Crippen LogP contribution in [0.3, 0.4) is 0 Å². The largest absolute Gasteiger partial charge is 0.480 e. The fourth-order valence-corrected chi connectivity index (χ4v) is 2.68. The van der Waals surface area contributed by atoms with Crippen molar-refractivity contribution in [1.29, 1.82) is 0 Å². The van der Waals surface area contributed by atoms with Crippen molar-refractivity contribution in [2.75, 3.05) is 5.75 Å². The van der Waals surface area contributed by atoms with Gasteiger partial charge in [0.05, 0.1) is 0 Å². The van der Waals surface area contributed by atoms with Gasteiger partial charge in [0, 0.05) is 44.3 Å². The van der Waals surface area contributed by atoms with Crippen molar-refractivity contribution in [1.82, 2.24) is 14.5 Å². The first kappa shape index (κ1) is 17.0. The molecule has 0 aliphatic rings. The van der Waals surface area contributed by atoms with Gasteiger partial charge in [-0.1, -0.05) is 0 Å². The van der Waals surface area contributed by atoms with Crippen LogP contribution in [0.25, 0.3) is 0 Å². The average Bonchev–Trinajstić information content (AvgIpc) is 2.40. The van der Waals surface area contributed by atoms with E-state index in [1.165, 1.54) is 36.4 Å². The minimum Gasteiger partial charge on any atom is -0.480 e. The molecule has 1 atom stereocenters. The molecule has 9 heteroatoms. The lowest BCUT2D eigenvalue weighted by molar-refractivity contribution is -0.140. The topological polar surface area (TPSA) is 110 Å². The van der Waals surface area contributed by atoms with Crippen molar-refractivity contribution in [3.63, 3.8) is 0 Å². The van der Waals surface area contributed by atoms with E-state index >= 15 is 0 Å². The van der Waals surface area contributed by atoms with Gasteiger partial charge in [-0.05, 0) is 0 Å². The molecule has 2 N–H and O–H groups in total. The lowest BCUT2D eigenvalue weighted by Crippen LogP contribution is -2.41. The van der Waals surface area contributed by atoms with Crippen molar-refractivity contribution in [3.8, 4) is 0 Å². The Morgan fingerprint density at radius 2 is 1.95 bits per heavy atom. The second kappa shape index (κ2) is 7.11. The zero-order valence-electron chi connectivity index (χ0n) is 12.0. The Bertz CT molecular complexity index is 664. The van der Waals surface area contributed by atoms with Crippen LogP contribution in [0.2, 0.25) is 0 Å². The Balaban J connectivity index is 2.76. The summed E-state index contributed by atoms with van der Waals surface area (Å²) in [6.07, 6.45) is 0. The summed E-state index contributed by atoms with van der Waals surface area (Å²) in [5.41, 5.74) is -0.347. The highest BCUT2D eigenvalue weighted by atomic mass is 32.2. The molecule has 116 valence electrons. The zero-order chi connectivity index (χ0) is 16.2. The monoisotopic (exact) mass is 315 g/mol. The Kier molecular flexibility index (Phi) is 5.77. The molecule has 21 heavy (non-hydrogen) atoms. The number of carboxylic acids is 1. The third-order valence-electron chi connectivity index (χ3n) is 2.84. The molecule has 0 aliphatic carbocycles. The third-order valence-corrected chi connectivity index (χ3v) is 3.90. The quantitative estimate of drug-likeness (QED) is 0.690. The van der Waals surface area contributed by atoms with Crippen molar-refractivity contribution in [2.24, 2.45) is 14.1 Å². The predicted octanol–water partition coefficient (Wildman–Crippen LogP) is -1.09. The highest BCUT2D eigenvalue weighted by Crippen LogP contribution is 2.11. The van der Waals surface area contributed by atoms with Gasteiger partial charge in [0.15, 0.2) is 0 Å². The molecule has 0 radical (unpaired) electrons. The van der Waals surface area contributed by atoms with Crippen LogP contribution in [-0.2, 0) is 29.4 Å². The lowest BCUT2D eigenvalue weighted by atomic mass is 10.3. The number of aliphatic carboxylic acids is 1. The maximum Gasteiger partial charge on any atom is 0.330 e. The third kappa shape index (κ3) is 4.48. The highest BCUT2D eigenvalue weighted by Gasteiger charge is 2.18. The SMILES string of the molecule is CC(=O)NC(CSCc1cc(=O)n(C)c(=O)n1C)C(=O)O. The number of carbonyl (C=O) groups is 2. The minimum atomic E-state index is -1.13. The van der Waals surface area contributed by atoms with E-state index in [9.17, 15) is 19.2 Å². The number of nitrogens with zero attached hydrogens (tertiary/aromatic N) is 2. The van der Waals surface area contributed by atoms with E-state index in [2.05, 4.69) is 5.32 Å². The number of hydrogen-bond donors (Lipinski definition) is 2. The number of carboxylic acid groups (broad SMARTS) is 1. The molecular formula is C12H17N3O5S. The Morgan fingerprint density at radius 3 is 2.48 bits per heavy atom. The van der Waals surface area contributed by atoms with Gasteiger partial charge in [-0.3, -0.25) is 18.7 Å². The minimum absolute atomic E-state index is 0.137. The van der Waals surface area contributed by atoms with Gasteiger partial charge in [-0.15, -0.1) is 0 Å². The maximum absolute atomic E-state index is 11.7.